The normalized spacial score (nSPS) is 10.9. The molecule has 1 amide bonds. The number of benzene rings is 1. The molecule has 0 fully saturated rings. The number of amides is 1. The highest BCUT2D eigenvalue weighted by Gasteiger charge is 2.15. The second kappa shape index (κ2) is 10.1. The zero-order valence-corrected chi connectivity index (χ0v) is 12.0. The van der Waals surface area contributed by atoms with Crippen LogP contribution in [-0.4, -0.2) is 31.8 Å². The number of nitrogens with one attached hydrogen (secondary N) is 1. The number of carbonyl (C=O) groups is 2. The minimum Gasteiger partial charge on any atom is -0.469 e. The van der Waals surface area contributed by atoms with Crippen molar-refractivity contribution in [2.75, 3.05) is 13.7 Å². The minimum atomic E-state index is -0.608. The summed E-state index contributed by atoms with van der Waals surface area (Å²) in [6.07, 6.45) is -0.587. The Morgan fingerprint density at radius 3 is 2.50 bits per heavy atom. The van der Waals surface area contributed by atoms with Crippen molar-refractivity contribution < 1.29 is 19.1 Å². The molecule has 3 N–H and O–H groups in total. The Morgan fingerprint density at radius 2 is 1.95 bits per heavy atom. The second-order valence-corrected chi connectivity index (χ2v) is 3.92. The Kier molecular flexibility index (Phi) is 9.15. The Balaban J connectivity index is 0.00000361. The van der Waals surface area contributed by atoms with Gasteiger partial charge < -0.3 is 20.5 Å². The molecule has 0 aliphatic carbocycles. The van der Waals surface area contributed by atoms with Crippen molar-refractivity contribution >= 4 is 24.5 Å². The summed E-state index contributed by atoms with van der Waals surface area (Å²) in [6.45, 7) is 0.303. The third-order valence-corrected chi connectivity index (χ3v) is 2.46. The molecule has 0 radical (unpaired) electrons. The van der Waals surface area contributed by atoms with E-state index in [1.807, 2.05) is 30.3 Å². The van der Waals surface area contributed by atoms with Crippen molar-refractivity contribution in [1.82, 2.24) is 5.32 Å². The Morgan fingerprint density at radius 1 is 1.30 bits per heavy atom. The summed E-state index contributed by atoms with van der Waals surface area (Å²) in [4.78, 5) is 22.6. The Bertz CT molecular complexity index is 414. The van der Waals surface area contributed by atoms with E-state index in [4.69, 9.17) is 10.5 Å². The molecule has 0 aromatic heterocycles. The first-order valence-electron chi connectivity index (χ1n) is 5.89. The fourth-order valence-corrected chi connectivity index (χ4v) is 1.41. The van der Waals surface area contributed by atoms with Gasteiger partial charge in [-0.3, -0.25) is 4.79 Å². The first-order valence-corrected chi connectivity index (χ1v) is 5.89. The van der Waals surface area contributed by atoms with Crippen LogP contribution in [0, 0.1) is 0 Å². The van der Waals surface area contributed by atoms with E-state index in [2.05, 4.69) is 10.1 Å². The molecule has 0 saturated carbocycles. The maximum atomic E-state index is 11.5. The summed E-state index contributed by atoms with van der Waals surface area (Å²) in [5.41, 5.74) is 6.34. The van der Waals surface area contributed by atoms with Crippen molar-refractivity contribution in [3.8, 4) is 0 Å². The largest absolute Gasteiger partial charge is 0.469 e. The van der Waals surface area contributed by atoms with Gasteiger partial charge in [-0.2, -0.15) is 0 Å². The maximum Gasteiger partial charge on any atom is 0.407 e. The van der Waals surface area contributed by atoms with Gasteiger partial charge in [0.1, 0.15) is 6.61 Å². The number of rotatable bonds is 6. The molecule has 1 atom stereocenters. The van der Waals surface area contributed by atoms with Crippen LogP contribution in [0.3, 0.4) is 0 Å². The highest BCUT2D eigenvalue weighted by molar-refractivity contribution is 5.85. The molecule has 0 aliphatic heterocycles. The first-order chi connectivity index (χ1) is 9.15. The average molecular weight is 303 g/mol. The smallest absolute Gasteiger partial charge is 0.407 e. The molecule has 1 aromatic rings. The summed E-state index contributed by atoms with van der Waals surface area (Å²) in [7, 11) is 1.28. The van der Waals surface area contributed by atoms with Crippen molar-refractivity contribution in [3.63, 3.8) is 0 Å². The predicted molar refractivity (Wildman–Crippen MR) is 76.5 cm³/mol. The average Bonchev–Trinajstić information content (AvgIpc) is 2.45. The zero-order chi connectivity index (χ0) is 14.1. The number of alkyl carbamates (subject to hydrolysis) is 1. The van der Waals surface area contributed by atoms with Crippen LogP contribution >= 0.6 is 12.4 Å². The maximum absolute atomic E-state index is 11.5. The van der Waals surface area contributed by atoms with Gasteiger partial charge in [-0.25, -0.2) is 4.79 Å². The quantitative estimate of drug-likeness (QED) is 0.771. The van der Waals surface area contributed by atoms with E-state index in [9.17, 15) is 9.59 Å². The third-order valence-electron chi connectivity index (χ3n) is 2.46. The zero-order valence-electron chi connectivity index (χ0n) is 11.2. The van der Waals surface area contributed by atoms with E-state index in [1.54, 1.807) is 0 Å². The highest BCUT2D eigenvalue weighted by atomic mass is 35.5. The highest BCUT2D eigenvalue weighted by Crippen LogP contribution is 2.01. The molecule has 20 heavy (non-hydrogen) atoms. The lowest BCUT2D eigenvalue weighted by molar-refractivity contribution is -0.141. The number of methoxy groups -OCH3 is 1. The van der Waals surface area contributed by atoms with Crippen LogP contribution in [0.4, 0.5) is 4.79 Å². The van der Waals surface area contributed by atoms with Crippen LogP contribution in [-0.2, 0) is 20.9 Å². The molecule has 7 heteroatoms. The topological polar surface area (TPSA) is 90.6 Å². The van der Waals surface area contributed by atoms with E-state index in [0.717, 1.165) is 5.56 Å². The van der Waals surface area contributed by atoms with E-state index in [1.165, 1.54) is 7.11 Å². The van der Waals surface area contributed by atoms with Crippen molar-refractivity contribution in [2.24, 2.45) is 5.73 Å². The van der Waals surface area contributed by atoms with Gasteiger partial charge in [0.25, 0.3) is 0 Å². The number of hydrogen-bond donors (Lipinski definition) is 2. The van der Waals surface area contributed by atoms with Gasteiger partial charge in [-0.15, -0.1) is 12.4 Å². The molecule has 1 aromatic carbocycles. The number of esters is 1. The molecule has 0 bridgehead atoms. The lowest BCUT2D eigenvalue weighted by atomic mass is 10.2. The molecule has 0 heterocycles. The Hall–Kier alpha value is -1.79. The lowest BCUT2D eigenvalue weighted by Gasteiger charge is -2.15. The van der Waals surface area contributed by atoms with Crippen LogP contribution in [0.25, 0.3) is 0 Å². The summed E-state index contributed by atoms with van der Waals surface area (Å²) in [6, 6.07) is 8.80. The predicted octanol–water partition coefficient (Wildman–Crippen LogP) is 1.23. The van der Waals surface area contributed by atoms with Crippen molar-refractivity contribution in [2.45, 2.75) is 19.1 Å². The molecule has 6 nitrogen and oxygen atoms in total. The van der Waals surface area contributed by atoms with E-state index >= 15 is 0 Å². The fraction of sp³-hybridized carbons (Fsp3) is 0.385. The van der Waals surface area contributed by atoms with Crippen LogP contribution in [0.2, 0.25) is 0 Å². The van der Waals surface area contributed by atoms with E-state index in [0.29, 0.717) is 0 Å². The van der Waals surface area contributed by atoms with Crippen LogP contribution in [0.15, 0.2) is 30.3 Å². The number of ether oxygens (including phenoxy) is 2. The fourth-order valence-electron chi connectivity index (χ4n) is 1.41. The SMILES string of the molecule is COC(=O)CC(CN)NC(=O)OCc1ccccc1.Cl. The van der Waals surface area contributed by atoms with E-state index < -0.39 is 18.1 Å². The molecule has 0 aliphatic rings. The molecule has 1 rings (SSSR count). The van der Waals surface area contributed by atoms with Gasteiger partial charge in [0.05, 0.1) is 19.6 Å². The van der Waals surface area contributed by atoms with E-state index in [-0.39, 0.29) is 32.0 Å². The minimum absolute atomic E-state index is 0. The Labute approximate surface area is 124 Å². The lowest BCUT2D eigenvalue weighted by Crippen LogP contribution is -2.42. The van der Waals surface area contributed by atoms with Gasteiger partial charge >= 0.3 is 12.1 Å². The summed E-state index contributed by atoms with van der Waals surface area (Å²) in [5, 5.41) is 2.52. The van der Waals surface area contributed by atoms with Crippen molar-refractivity contribution in [1.29, 1.82) is 0 Å². The number of halogens is 1. The van der Waals surface area contributed by atoms with Gasteiger partial charge in [0.2, 0.25) is 0 Å². The monoisotopic (exact) mass is 302 g/mol. The molecule has 0 saturated heterocycles. The second-order valence-electron chi connectivity index (χ2n) is 3.92. The number of nitrogens with two attached hydrogens (primary N) is 1. The molecular weight excluding hydrogens is 284 g/mol. The number of hydrogen-bond acceptors (Lipinski definition) is 5. The summed E-state index contributed by atoms with van der Waals surface area (Å²) < 4.78 is 9.52. The van der Waals surface area contributed by atoms with Gasteiger partial charge in [-0.1, -0.05) is 30.3 Å². The third kappa shape index (κ3) is 6.96. The van der Waals surface area contributed by atoms with Gasteiger partial charge in [-0.05, 0) is 5.56 Å². The molecule has 1 unspecified atom stereocenters. The molecule has 0 spiro atoms. The van der Waals surface area contributed by atoms with Crippen LogP contribution in [0.1, 0.15) is 12.0 Å². The molecular formula is C13H19ClN2O4. The first kappa shape index (κ1) is 18.2. The summed E-state index contributed by atoms with van der Waals surface area (Å²) >= 11 is 0. The van der Waals surface area contributed by atoms with Crippen LogP contribution < -0.4 is 11.1 Å². The van der Waals surface area contributed by atoms with Crippen LogP contribution in [0.5, 0.6) is 0 Å². The number of carbonyl (C=O) groups excluding carboxylic acids is 2. The molecule has 112 valence electrons. The van der Waals surface area contributed by atoms with Gasteiger partial charge in [0, 0.05) is 6.54 Å². The van der Waals surface area contributed by atoms with Crippen molar-refractivity contribution in [3.05, 3.63) is 35.9 Å². The van der Waals surface area contributed by atoms with Gasteiger partial charge in [0.15, 0.2) is 0 Å². The standard InChI is InChI=1S/C13H18N2O4.ClH/c1-18-12(16)7-11(8-14)15-13(17)19-9-10-5-3-2-4-6-10;/h2-6,11H,7-9,14H2,1H3,(H,15,17);1H. The summed E-state index contributed by atoms with van der Waals surface area (Å²) in [5.74, 6) is -0.432.